The molecule has 2 fully saturated rings. The van der Waals surface area contributed by atoms with E-state index in [-0.39, 0.29) is 5.48 Å². The van der Waals surface area contributed by atoms with Crippen molar-refractivity contribution in [3.8, 4) is 11.5 Å². The van der Waals surface area contributed by atoms with Crippen molar-refractivity contribution >= 4 is 68.0 Å². The highest BCUT2D eigenvalue weighted by Gasteiger charge is 2.26. The first-order chi connectivity index (χ1) is 38.2. The van der Waals surface area contributed by atoms with E-state index in [1.54, 1.807) is 40.8 Å². The molecule has 0 amide bonds. The van der Waals surface area contributed by atoms with Crippen molar-refractivity contribution in [2.24, 2.45) is 21.5 Å². The number of hydrogen-bond acceptors (Lipinski definition) is 10. The number of methoxy groups -OCH3 is 2. The molecule has 6 N–H and O–H groups in total. The van der Waals surface area contributed by atoms with Crippen molar-refractivity contribution < 1.29 is 23.8 Å². The van der Waals surface area contributed by atoms with E-state index in [1.165, 1.54) is 33.6 Å². The standard InChI is InChI=1S/2C32H39N5O2.H2O/c2*1-24-10-4-7-14-28(24)36-20-18-35(19-21-36)17-9-8-11-25-15-16-30(38-3)29(22-25)37(32(33)34-2)31-27-13-6-5-12-26(27)23-39-31;/h2*4-7,10,12-16,22-23H,8-9,11,17-21H2,1-3H3,(H2,33,34);1H2. The number of furan rings is 2. The molecule has 4 heterocycles. The Balaban J connectivity index is 0.000000205. The van der Waals surface area contributed by atoms with E-state index in [0.717, 1.165) is 148 Å². The lowest BCUT2D eigenvalue weighted by molar-refractivity contribution is 0.253. The molecule has 10 rings (SSSR count). The van der Waals surface area contributed by atoms with E-state index in [4.69, 9.17) is 29.8 Å². The van der Waals surface area contributed by atoms with Gasteiger partial charge in [-0.15, -0.1) is 0 Å². The van der Waals surface area contributed by atoms with Crippen LogP contribution in [0.4, 0.5) is 34.5 Å². The predicted octanol–water partition coefficient (Wildman–Crippen LogP) is 11.1. The first-order valence-corrected chi connectivity index (χ1v) is 27.5. The third kappa shape index (κ3) is 13.7. The maximum absolute atomic E-state index is 6.42. The Morgan fingerprint density at radius 2 is 0.886 bits per heavy atom. The van der Waals surface area contributed by atoms with Crippen LogP contribution in [-0.2, 0) is 12.8 Å². The number of guanidine groups is 2. The fraction of sp³-hybridized carbons (Fsp3) is 0.344. The van der Waals surface area contributed by atoms with Crippen molar-refractivity contribution in [2.75, 3.05) is 113 Å². The molecule has 0 bridgehead atoms. The molecular weight excluding hydrogens is 989 g/mol. The fourth-order valence-corrected chi connectivity index (χ4v) is 10.9. The van der Waals surface area contributed by atoms with Crippen LogP contribution in [0.2, 0.25) is 0 Å². The second-order valence-corrected chi connectivity index (χ2v) is 20.2. The van der Waals surface area contributed by atoms with Gasteiger partial charge in [0.1, 0.15) is 24.0 Å². The first-order valence-electron chi connectivity index (χ1n) is 27.5. The summed E-state index contributed by atoms with van der Waals surface area (Å²) in [5.74, 6) is 3.39. The lowest BCUT2D eigenvalue weighted by Crippen LogP contribution is -2.46. The van der Waals surface area contributed by atoms with Crippen LogP contribution in [0.15, 0.2) is 165 Å². The third-order valence-electron chi connectivity index (χ3n) is 15.3. The lowest BCUT2D eigenvalue weighted by Gasteiger charge is -2.36. The number of fused-ring (bicyclic) bond motifs is 2. The fourth-order valence-electron chi connectivity index (χ4n) is 10.9. The van der Waals surface area contributed by atoms with Gasteiger partial charge in [-0.05, 0) is 136 Å². The Hall–Kier alpha value is -7.98. The molecule has 2 aromatic heterocycles. The molecule has 0 aliphatic carbocycles. The summed E-state index contributed by atoms with van der Waals surface area (Å²) in [6, 6.07) is 46.1. The average molecular weight is 1070 g/mol. The molecule has 15 heteroatoms. The van der Waals surface area contributed by atoms with Crippen molar-refractivity contribution in [2.45, 2.75) is 52.4 Å². The molecule has 2 aliphatic heterocycles. The van der Waals surface area contributed by atoms with Gasteiger partial charge in [-0.25, -0.2) is 9.80 Å². The third-order valence-corrected chi connectivity index (χ3v) is 15.3. The van der Waals surface area contributed by atoms with Crippen LogP contribution >= 0.6 is 0 Å². The van der Waals surface area contributed by atoms with E-state index in [0.29, 0.717) is 23.7 Å². The minimum Gasteiger partial charge on any atom is -0.495 e. The van der Waals surface area contributed by atoms with Gasteiger partial charge in [0.05, 0.1) is 25.6 Å². The molecule has 0 spiro atoms. The van der Waals surface area contributed by atoms with Crippen LogP contribution in [0.5, 0.6) is 11.5 Å². The predicted molar refractivity (Wildman–Crippen MR) is 327 cm³/mol. The van der Waals surface area contributed by atoms with Crippen molar-refractivity contribution in [1.29, 1.82) is 0 Å². The summed E-state index contributed by atoms with van der Waals surface area (Å²) in [4.78, 5) is 22.5. The van der Waals surface area contributed by atoms with Crippen LogP contribution in [0.25, 0.3) is 21.5 Å². The Morgan fingerprint density at radius 3 is 1.27 bits per heavy atom. The number of benzene rings is 6. The number of aliphatic imine (C=N–C) groups is 2. The average Bonchev–Trinajstić information content (AvgIpc) is 4.28. The maximum atomic E-state index is 6.42. The van der Waals surface area contributed by atoms with Gasteiger partial charge in [0, 0.05) is 99.4 Å². The van der Waals surface area contributed by atoms with Gasteiger partial charge in [-0.2, -0.15) is 0 Å². The highest BCUT2D eigenvalue weighted by Crippen LogP contribution is 2.41. The maximum Gasteiger partial charge on any atom is 0.214 e. The molecule has 0 unspecified atom stereocenters. The van der Waals surface area contributed by atoms with E-state index < -0.39 is 0 Å². The zero-order chi connectivity index (χ0) is 54.4. The second-order valence-electron chi connectivity index (χ2n) is 20.2. The first kappa shape index (κ1) is 57.2. The summed E-state index contributed by atoms with van der Waals surface area (Å²) in [6.07, 6.45) is 10.0. The van der Waals surface area contributed by atoms with Crippen LogP contribution < -0.4 is 40.5 Å². The quantitative estimate of drug-likeness (QED) is 0.0474. The number of anilines is 6. The van der Waals surface area contributed by atoms with Crippen molar-refractivity contribution in [3.05, 3.63) is 168 Å². The molecule has 15 nitrogen and oxygen atoms in total. The SMILES string of the molecule is CN=C(N)N(c1cc(CCCCN2CCN(c3ccccc3C)CC2)ccc1OC)c1occ2ccccc12.CN=C(N)N(c1cc(CCCCN2CCN(c3ccccc3C)CC2)ccc1OC)c1occ2ccccc12.O. The Bertz CT molecular complexity index is 3060. The van der Waals surface area contributed by atoms with Crippen LogP contribution in [-0.4, -0.2) is 121 Å². The van der Waals surface area contributed by atoms with Crippen LogP contribution in [0.3, 0.4) is 0 Å². The molecule has 8 aromatic rings. The Labute approximate surface area is 466 Å². The molecule has 0 saturated carbocycles. The molecule has 416 valence electrons. The number of para-hydroxylation sites is 2. The van der Waals surface area contributed by atoms with Gasteiger partial charge < -0.3 is 45.1 Å². The van der Waals surface area contributed by atoms with Gasteiger partial charge in [0.2, 0.25) is 23.7 Å². The molecule has 0 radical (unpaired) electrons. The summed E-state index contributed by atoms with van der Waals surface area (Å²) in [6.45, 7) is 15.5. The molecule has 79 heavy (non-hydrogen) atoms. The lowest BCUT2D eigenvalue weighted by atomic mass is 10.1. The zero-order valence-electron chi connectivity index (χ0n) is 47.0. The van der Waals surface area contributed by atoms with E-state index in [2.05, 4.69) is 116 Å². The number of hydrogen-bond donors (Lipinski definition) is 2. The van der Waals surface area contributed by atoms with E-state index >= 15 is 0 Å². The highest BCUT2D eigenvalue weighted by atomic mass is 16.5. The van der Waals surface area contributed by atoms with Crippen LogP contribution in [0.1, 0.15) is 47.9 Å². The Kier molecular flexibility index (Phi) is 20.0. The van der Waals surface area contributed by atoms with Crippen molar-refractivity contribution in [3.63, 3.8) is 0 Å². The molecule has 0 atom stereocenters. The number of nitrogens with zero attached hydrogens (tertiary/aromatic N) is 8. The van der Waals surface area contributed by atoms with E-state index in [9.17, 15) is 0 Å². The number of ether oxygens (including phenoxy) is 2. The smallest absolute Gasteiger partial charge is 0.214 e. The minimum absolute atomic E-state index is 0. The topological polar surface area (TPSA) is 172 Å². The molecule has 2 saturated heterocycles. The van der Waals surface area contributed by atoms with Gasteiger partial charge in [-0.1, -0.05) is 84.9 Å². The monoisotopic (exact) mass is 1070 g/mol. The van der Waals surface area contributed by atoms with Crippen molar-refractivity contribution in [1.82, 2.24) is 9.80 Å². The molecule has 2 aliphatic rings. The number of unbranched alkanes of at least 4 members (excludes halogenated alkanes) is 2. The van der Waals surface area contributed by atoms with Gasteiger partial charge in [0.15, 0.2) is 0 Å². The van der Waals surface area contributed by atoms with E-state index in [1.807, 2.05) is 70.5 Å². The second kappa shape index (κ2) is 27.6. The van der Waals surface area contributed by atoms with Gasteiger partial charge in [-0.3, -0.25) is 19.8 Å². The summed E-state index contributed by atoms with van der Waals surface area (Å²) in [5, 5.41) is 3.96. The van der Waals surface area contributed by atoms with Crippen LogP contribution in [0, 0.1) is 13.8 Å². The number of piperazine rings is 2. The Morgan fingerprint density at radius 1 is 0.506 bits per heavy atom. The summed E-state index contributed by atoms with van der Waals surface area (Å²) < 4.78 is 23.5. The number of aryl methyl sites for hydroxylation is 4. The minimum atomic E-state index is 0. The number of rotatable bonds is 18. The zero-order valence-corrected chi connectivity index (χ0v) is 47.0. The summed E-state index contributed by atoms with van der Waals surface area (Å²) in [7, 11) is 6.72. The summed E-state index contributed by atoms with van der Waals surface area (Å²) >= 11 is 0. The highest BCUT2D eigenvalue weighted by molar-refractivity contribution is 6.09. The largest absolute Gasteiger partial charge is 0.495 e. The molecule has 6 aromatic carbocycles. The van der Waals surface area contributed by atoms with Gasteiger partial charge in [0.25, 0.3) is 0 Å². The molecular formula is C64H80N10O5. The summed E-state index contributed by atoms with van der Waals surface area (Å²) in [5.41, 5.74) is 22.4. The van der Waals surface area contributed by atoms with Gasteiger partial charge >= 0.3 is 0 Å². The number of nitrogens with two attached hydrogens (primary N) is 2. The normalized spacial score (nSPS) is 14.5.